The minimum Gasteiger partial charge on any atom is -0.310 e. The van der Waals surface area contributed by atoms with E-state index in [0.29, 0.717) is 23.7 Å². The molecule has 2 fully saturated rings. The fraction of sp³-hybridized carbons (Fsp3) is 0.250. The highest BCUT2D eigenvalue weighted by Gasteiger charge is 2.44. The first-order valence-electron chi connectivity index (χ1n) is 30.9. The van der Waals surface area contributed by atoms with Crippen molar-refractivity contribution in [2.45, 2.75) is 120 Å². The van der Waals surface area contributed by atoms with Gasteiger partial charge in [0.25, 0.3) is 0 Å². The van der Waals surface area contributed by atoms with Crippen LogP contribution in [0, 0.1) is 5.92 Å². The molecule has 5 aliphatic carbocycles. The largest absolute Gasteiger partial charge is 0.310 e. The third kappa shape index (κ3) is 8.50. The van der Waals surface area contributed by atoms with Crippen LogP contribution < -0.4 is 9.80 Å². The number of anilines is 6. The maximum absolute atomic E-state index is 2.60. The monoisotopic (exact) mass is 1060 g/mol. The van der Waals surface area contributed by atoms with Crippen LogP contribution in [-0.2, 0) is 10.8 Å². The van der Waals surface area contributed by atoms with Crippen LogP contribution >= 0.6 is 0 Å². The Kier molecular flexibility index (Phi) is 12.6. The molecule has 0 aromatic heterocycles. The van der Waals surface area contributed by atoms with Crippen molar-refractivity contribution in [1.82, 2.24) is 0 Å². The van der Waals surface area contributed by atoms with Crippen molar-refractivity contribution in [3.05, 3.63) is 264 Å². The van der Waals surface area contributed by atoms with Crippen LogP contribution in [0.3, 0.4) is 0 Å². The van der Waals surface area contributed by atoms with Crippen LogP contribution in [0.1, 0.15) is 143 Å². The van der Waals surface area contributed by atoms with E-state index >= 15 is 0 Å². The van der Waals surface area contributed by atoms with E-state index < -0.39 is 0 Å². The molecule has 2 heteroatoms. The molecule has 2 unspecified atom stereocenters. The number of benzene rings is 10. The number of nitrogens with zero attached hydrogens (tertiary/aromatic N) is 2. The Balaban J connectivity index is 0.850. The lowest BCUT2D eigenvalue weighted by atomic mass is 9.74. The van der Waals surface area contributed by atoms with E-state index in [4.69, 9.17) is 0 Å². The van der Waals surface area contributed by atoms with Gasteiger partial charge >= 0.3 is 0 Å². The molecule has 404 valence electrons. The average Bonchev–Trinajstić information content (AvgIpc) is 4.05. The molecule has 10 aromatic carbocycles. The first-order valence-corrected chi connectivity index (χ1v) is 30.9. The first kappa shape index (κ1) is 50.7. The van der Waals surface area contributed by atoms with Crippen molar-refractivity contribution in [3.8, 4) is 33.4 Å². The lowest BCUT2D eigenvalue weighted by Gasteiger charge is -2.32. The van der Waals surface area contributed by atoms with Gasteiger partial charge in [-0.1, -0.05) is 218 Å². The van der Waals surface area contributed by atoms with E-state index in [1.807, 2.05) is 0 Å². The smallest absolute Gasteiger partial charge is 0.0468 e. The van der Waals surface area contributed by atoms with Gasteiger partial charge < -0.3 is 9.80 Å². The van der Waals surface area contributed by atoms with Gasteiger partial charge in [0.2, 0.25) is 0 Å². The van der Waals surface area contributed by atoms with Crippen LogP contribution in [0.2, 0.25) is 0 Å². The molecule has 2 nitrogen and oxygen atoms in total. The van der Waals surface area contributed by atoms with E-state index in [1.54, 1.807) is 11.1 Å². The van der Waals surface area contributed by atoms with Gasteiger partial charge in [-0.15, -0.1) is 0 Å². The second kappa shape index (κ2) is 20.4. The van der Waals surface area contributed by atoms with E-state index in [-0.39, 0.29) is 10.8 Å². The lowest BCUT2D eigenvalue weighted by molar-refractivity contribution is 0.394. The molecule has 0 radical (unpaired) electrons. The summed E-state index contributed by atoms with van der Waals surface area (Å²) in [7, 11) is 0. The zero-order valence-electron chi connectivity index (χ0n) is 48.2. The summed E-state index contributed by atoms with van der Waals surface area (Å²) in [6.45, 7) is 9.61. The normalized spacial score (nSPS) is 18.7. The van der Waals surface area contributed by atoms with Gasteiger partial charge in [-0.2, -0.15) is 0 Å². The Morgan fingerprint density at radius 2 is 0.780 bits per heavy atom. The Bertz CT molecular complexity index is 4110. The van der Waals surface area contributed by atoms with Crippen LogP contribution in [0.4, 0.5) is 34.1 Å². The zero-order chi connectivity index (χ0) is 55.1. The van der Waals surface area contributed by atoms with Gasteiger partial charge in [-0.25, -0.2) is 0 Å². The van der Waals surface area contributed by atoms with Crippen LogP contribution in [0.5, 0.6) is 0 Å². The summed E-state index contributed by atoms with van der Waals surface area (Å²) in [5, 5.41) is 5.79. The summed E-state index contributed by atoms with van der Waals surface area (Å²) >= 11 is 0. The van der Waals surface area contributed by atoms with E-state index in [0.717, 1.165) is 0 Å². The molecule has 0 aliphatic heterocycles. The van der Waals surface area contributed by atoms with Gasteiger partial charge in [0, 0.05) is 45.5 Å². The molecule has 5 aliphatic rings. The number of allylic oxidation sites excluding steroid dienone is 4. The second-order valence-electron chi connectivity index (χ2n) is 25.7. The number of fused-ring (bicyclic) bond motifs is 8. The van der Waals surface area contributed by atoms with E-state index in [2.05, 4.69) is 268 Å². The van der Waals surface area contributed by atoms with E-state index in [9.17, 15) is 0 Å². The molecule has 82 heavy (non-hydrogen) atoms. The van der Waals surface area contributed by atoms with Crippen LogP contribution in [0.25, 0.3) is 54.9 Å². The topological polar surface area (TPSA) is 6.48 Å². The fourth-order valence-corrected chi connectivity index (χ4v) is 16.1. The summed E-state index contributed by atoms with van der Waals surface area (Å²) in [5.41, 5.74) is 23.8. The predicted molar refractivity (Wildman–Crippen MR) is 348 cm³/mol. The van der Waals surface area contributed by atoms with Crippen molar-refractivity contribution >= 4 is 55.7 Å². The van der Waals surface area contributed by atoms with Crippen molar-refractivity contribution in [2.24, 2.45) is 5.92 Å². The Labute approximate surface area is 486 Å². The third-order valence-electron chi connectivity index (χ3n) is 20.3. The highest BCUT2D eigenvalue weighted by atomic mass is 15.1. The zero-order valence-corrected chi connectivity index (χ0v) is 48.2. The number of hydrogen-bond donors (Lipinski definition) is 0. The lowest BCUT2D eigenvalue weighted by Crippen LogP contribution is -2.24. The summed E-state index contributed by atoms with van der Waals surface area (Å²) in [4.78, 5) is 5.00. The molecule has 0 heterocycles. The Morgan fingerprint density at radius 1 is 0.341 bits per heavy atom. The highest BCUT2D eigenvalue weighted by molar-refractivity contribution is 6.09. The van der Waals surface area contributed by atoms with Crippen molar-refractivity contribution in [1.29, 1.82) is 0 Å². The second-order valence-corrected chi connectivity index (χ2v) is 25.7. The standard InChI is InChI=1S/C80H74N2/c1-79(2)73-31-19-17-29-65(73)67-45-37-57(49-75(67)79)53-33-39-61(40-34-53)81(59-25-13-7-14-26-59)63-43-47-69-71(51-63)77(55-21-9-5-10-22-55)70-48-44-64(52-72(70)78(69)56-23-11-6-12-24-56)82(60-27-15-8-16-28-60)62-41-35-54(36-42-62)58-38-46-68-66-30-18-20-32-74(66)80(3,4)76(68)50-58/h7-8,13-20,25-52,55-56,65,73H,5-6,9-12,21-24H2,1-4H3. The summed E-state index contributed by atoms with van der Waals surface area (Å²) in [6, 6.07) is 79.4. The molecule has 2 saturated carbocycles. The molecule has 15 rings (SSSR count). The molecule has 0 saturated heterocycles. The Morgan fingerprint density at radius 3 is 1.33 bits per heavy atom. The van der Waals surface area contributed by atoms with Crippen molar-refractivity contribution in [3.63, 3.8) is 0 Å². The molecular formula is C80H74N2. The van der Waals surface area contributed by atoms with Gasteiger partial charge in [0.15, 0.2) is 0 Å². The number of para-hydroxylation sites is 2. The molecule has 0 amide bonds. The minimum absolute atomic E-state index is 0.0452. The third-order valence-corrected chi connectivity index (χ3v) is 20.3. The average molecular weight is 1060 g/mol. The number of rotatable bonds is 10. The SMILES string of the molecule is CC1(C)c2ccccc2-c2ccc(-c3ccc(N(c4ccccc4)c4ccc5c(C6CCCCC6)c6cc(N(c7ccccc7)c7ccc(-c8ccc9c(c8)C(C)(C)C8C=CC=CC98)cc7)ccc6c(C6CCCCC6)c5c4)cc3)cc21. The van der Waals surface area contributed by atoms with Crippen LogP contribution in [-0.4, -0.2) is 0 Å². The Hall–Kier alpha value is -8.20. The molecule has 0 N–H and O–H groups in total. The van der Waals surface area contributed by atoms with Gasteiger partial charge in [0.1, 0.15) is 0 Å². The van der Waals surface area contributed by atoms with Crippen LogP contribution in [0.15, 0.2) is 231 Å². The molecular weight excluding hydrogens is 989 g/mol. The quantitative estimate of drug-likeness (QED) is 0.126. The van der Waals surface area contributed by atoms with Crippen molar-refractivity contribution < 1.29 is 0 Å². The van der Waals surface area contributed by atoms with Gasteiger partial charge in [-0.3, -0.25) is 0 Å². The molecule has 0 bridgehead atoms. The molecule has 0 spiro atoms. The maximum atomic E-state index is 2.60. The maximum Gasteiger partial charge on any atom is 0.0468 e. The number of hydrogen-bond acceptors (Lipinski definition) is 2. The fourth-order valence-electron chi connectivity index (χ4n) is 16.1. The van der Waals surface area contributed by atoms with Gasteiger partial charge in [0.05, 0.1) is 0 Å². The van der Waals surface area contributed by atoms with E-state index in [1.165, 1.54) is 176 Å². The minimum atomic E-state index is -0.0452. The van der Waals surface area contributed by atoms with Crippen molar-refractivity contribution in [2.75, 3.05) is 9.80 Å². The summed E-state index contributed by atoms with van der Waals surface area (Å²) in [6.07, 6.45) is 22.0. The summed E-state index contributed by atoms with van der Waals surface area (Å²) in [5.74, 6) is 1.94. The molecule has 10 aromatic rings. The predicted octanol–water partition coefficient (Wildman–Crippen LogP) is 22.8. The van der Waals surface area contributed by atoms with Gasteiger partial charge in [-0.05, 0) is 216 Å². The molecule has 2 atom stereocenters. The highest BCUT2D eigenvalue weighted by Crippen LogP contribution is 2.55. The first-order chi connectivity index (χ1) is 40.2. The summed E-state index contributed by atoms with van der Waals surface area (Å²) < 4.78 is 0.